The van der Waals surface area contributed by atoms with Gasteiger partial charge in [-0.2, -0.15) is 5.10 Å². The van der Waals surface area contributed by atoms with Crippen molar-refractivity contribution < 1.29 is 14.3 Å². The molecule has 7 nitrogen and oxygen atoms in total. The predicted molar refractivity (Wildman–Crippen MR) is 93.4 cm³/mol. The maximum atomic E-state index is 12.6. The molecule has 0 saturated carbocycles. The largest absolute Gasteiger partial charge is 0.497 e. The van der Waals surface area contributed by atoms with Gasteiger partial charge in [-0.1, -0.05) is 12.1 Å². The molecule has 1 N–H and O–H groups in total. The third-order valence-corrected chi connectivity index (χ3v) is 4.30. The third kappa shape index (κ3) is 3.50. The van der Waals surface area contributed by atoms with Crippen molar-refractivity contribution in [2.45, 2.75) is 39.4 Å². The van der Waals surface area contributed by atoms with E-state index in [0.29, 0.717) is 25.3 Å². The highest BCUT2D eigenvalue weighted by Crippen LogP contribution is 2.24. The number of aryl methyl sites for hydroxylation is 2. The maximum absolute atomic E-state index is 12.6. The number of nitrogens with zero attached hydrogens (tertiary/aromatic N) is 3. The highest BCUT2D eigenvalue weighted by molar-refractivity contribution is 6.00. The number of hydrogen-bond acceptors (Lipinski definition) is 4. The molecule has 2 aromatic rings. The molecule has 0 bridgehead atoms. The van der Waals surface area contributed by atoms with Crippen LogP contribution in [0.3, 0.4) is 0 Å². The van der Waals surface area contributed by atoms with Gasteiger partial charge in [0.2, 0.25) is 11.8 Å². The molecule has 3 rings (SSSR count). The third-order valence-electron chi connectivity index (χ3n) is 4.30. The Morgan fingerprint density at radius 3 is 2.96 bits per heavy atom. The first kappa shape index (κ1) is 17.0. The number of anilines is 1. The fraction of sp³-hybridized carbons (Fsp3) is 0.389. The van der Waals surface area contributed by atoms with Crippen LogP contribution in [-0.2, 0) is 22.7 Å². The number of rotatable bonds is 5. The van der Waals surface area contributed by atoms with Gasteiger partial charge in [0.15, 0.2) is 0 Å². The monoisotopic (exact) mass is 342 g/mol. The summed E-state index contributed by atoms with van der Waals surface area (Å²) in [4.78, 5) is 26.5. The summed E-state index contributed by atoms with van der Waals surface area (Å²) in [7, 11) is 1.60. The van der Waals surface area contributed by atoms with Gasteiger partial charge in [-0.15, -0.1) is 0 Å². The van der Waals surface area contributed by atoms with Crippen LogP contribution in [0.25, 0.3) is 0 Å². The molecule has 1 unspecified atom stereocenters. The lowest BCUT2D eigenvalue weighted by atomic mass is 10.1. The Bertz CT molecular complexity index is 799. The van der Waals surface area contributed by atoms with Crippen molar-refractivity contribution in [2.24, 2.45) is 0 Å². The summed E-state index contributed by atoms with van der Waals surface area (Å²) in [6, 6.07) is 8.74. The Morgan fingerprint density at radius 2 is 2.20 bits per heavy atom. The maximum Gasteiger partial charge on any atom is 0.243 e. The van der Waals surface area contributed by atoms with Gasteiger partial charge < -0.3 is 10.1 Å². The van der Waals surface area contributed by atoms with E-state index in [1.54, 1.807) is 18.7 Å². The summed E-state index contributed by atoms with van der Waals surface area (Å²) >= 11 is 0. The highest BCUT2D eigenvalue weighted by atomic mass is 16.5. The summed E-state index contributed by atoms with van der Waals surface area (Å²) in [6.45, 7) is 4.54. The SMILES string of the molecule is COc1cccc(CNC(=O)C(C)N2C(=O)CCn3nc(C)cc32)c1. The first-order chi connectivity index (χ1) is 12.0. The molecule has 7 heteroatoms. The van der Waals surface area contributed by atoms with Crippen molar-refractivity contribution in [3.05, 3.63) is 41.6 Å². The molecule has 0 saturated heterocycles. The summed E-state index contributed by atoms with van der Waals surface area (Å²) in [6.07, 6.45) is 0.349. The molecule has 0 spiro atoms. The molecule has 1 aromatic carbocycles. The first-order valence-corrected chi connectivity index (χ1v) is 8.26. The van der Waals surface area contributed by atoms with Crippen LogP contribution in [0.4, 0.5) is 5.82 Å². The van der Waals surface area contributed by atoms with Gasteiger partial charge in [0.1, 0.15) is 17.6 Å². The minimum atomic E-state index is -0.603. The minimum absolute atomic E-state index is 0.0589. The number of fused-ring (bicyclic) bond motifs is 1. The van der Waals surface area contributed by atoms with E-state index in [1.165, 1.54) is 4.90 Å². The molecule has 0 aliphatic carbocycles. The van der Waals surface area contributed by atoms with Gasteiger partial charge in [-0.05, 0) is 31.5 Å². The van der Waals surface area contributed by atoms with Gasteiger partial charge in [-0.3, -0.25) is 14.5 Å². The molecule has 2 amide bonds. The number of hydrogen-bond donors (Lipinski definition) is 1. The molecule has 0 radical (unpaired) electrons. The van der Waals surface area contributed by atoms with Crippen molar-refractivity contribution in [1.29, 1.82) is 0 Å². The normalized spacial score (nSPS) is 14.8. The zero-order valence-electron chi connectivity index (χ0n) is 14.7. The Balaban J connectivity index is 1.70. The van der Waals surface area contributed by atoms with E-state index in [9.17, 15) is 9.59 Å². The van der Waals surface area contributed by atoms with Crippen molar-refractivity contribution in [2.75, 3.05) is 12.0 Å². The predicted octanol–water partition coefficient (Wildman–Crippen LogP) is 1.64. The number of ether oxygens (including phenoxy) is 1. The number of methoxy groups -OCH3 is 1. The van der Waals surface area contributed by atoms with E-state index < -0.39 is 6.04 Å². The lowest BCUT2D eigenvalue weighted by molar-refractivity contribution is -0.126. The van der Waals surface area contributed by atoms with Crippen LogP contribution in [0.2, 0.25) is 0 Å². The van der Waals surface area contributed by atoms with Crippen LogP contribution in [-0.4, -0.2) is 34.7 Å². The fourth-order valence-corrected chi connectivity index (χ4v) is 2.99. The molecule has 0 fully saturated rings. The summed E-state index contributed by atoms with van der Waals surface area (Å²) < 4.78 is 6.96. The second-order valence-electron chi connectivity index (χ2n) is 6.13. The Labute approximate surface area is 146 Å². The molecular weight excluding hydrogens is 320 g/mol. The molecular formula is C18H22N4O3. The molecule has 25 heavy (non-hydrogen) atoms. The van der Waals surface area contributed by atoms with Gasteiger partial charge in [-0.25, -0.2) is 4.68 Å². The lowest BCUT2D eigenvalue weighted by Crippen LogP contribution is -2.50. The lowest BCUT2D eigenvalue weighted by Gasteiger charge is -2.31. The van der Waals surface area contributed by atoms with E-state index in [0.717, 1.165) is 17.0 Å². The molecule has 1 aromatic heterocycles. The standard InChI is InChI=1S/C18H22N4O3/c1-12-9-16-21(20-12)8-7-17(23)22(16)13(2)18(24)19-11-14-5-4-6-15(10-14)25-3/h4-6,9-10,13H,7-8,11H2,1-3H3,(H,19,24). The Hall–Kier alpha value is -2.83. The quantitative estimate of drug-likeness (QED) is 0.896. The fourth-order valence-electron chi connectivity index (χ4n) is 2.99. The summed E-state index contributed by atoms with van der Waals surface area (Å²) in [5.41, 5.74) is 1.77. The average molecular weight is 342 g/mol. The van der Waals surface area contributed by atoms with Crippen LogP contribution >= 0.6 is 0 Å². The van der Waals surface area contributed by atoms with E-state index in [1.807, 2.05) is 37.3 Å². The molecule has 1 atom stereocenters. The smallest absolute Gasteiger partial charge is 0.243 e. The summed E-state index contributed by atoms with van der Waals surface area (Å²) in [5.74, 6) is 1.16. The molecule has 1 aliphatic heterocycles. The number of benzene rings is 1. The zero-order valence-corrected chi connectivity index (χ0v) is 14.7. The second-order valence-corrected chi connectivity index (χ2v) is 6.13. The zero-order chi connectivity index (χ0) is 18.0. The Morgan fingerprint density at radius 1 is 1.40 bits per heavy atom. The number of nitrogens with one attached hydrogen (secondary N) is 1. The van der Waals surface area contributed by atoms with Gasteiger partial charge in [0, 0.05) is 19.0 Å². The van der Waals surface area contributed by atoms with Gasteiger partial charge in [0.25, 0.3) is 0 Å². The van der Waals surface area contributed by atoms with Crippen molar-refractivity contribution in [1.82, 2.24) is 15.1 Å². The van der Waals surface area contributed by atoms with E-state index in [4.69, 9.17) is 4.74 Å². The molecule has 1 aliphatic rings. The number of aromatic nitrogens is 2. The average Bonchev–Trinajstić information content (AvgIpc) is 2.99. The van der Waals surface area contributed by atoms with Crippen LogP contribution in [0.5, 0.6) is 5.75 Å². The minimum Gasteiger partial charge on any atom is -0.497 e. The van der Waals surface area contributed by atoms with E-state index in [-0.39, 0.29) is 11.8 Å². The van der Waals surface area contributed by atoms with Crippen LogP contribution < -0.4 is 15.0 Å². The highest BCUT2D eigenvalue weighted by Gasteiger charge is 2.32. The van der Waals surface area contributed by atoms with Crippen molar-refractivity contribution >= 4 is 17.6 Å². The molecule has 132 valence electrons. The van der Waals surface area contributed by atoms with E-state index in [2.05, 4.69) is 10.4 Å². The van der Waals surface area contributed by atoms with Gasteiger partial charge >= 0.3 is 0 Å². The van der Waals surface area contributed by atoms with Crippen molar-refractivity contribution in [3.63, 3.8) is 0 Å². The first-order valence-electron chi connectivity index (χ1n) is 8.26. The second kappa shape index (κ2) is 6.96. The number of carbonyl (C=O) groups excluding carboxylic acids is 2. The topological polar surface area (TPSA) is 76.5 Å². The van der Waals surface area contributed by atoms with Crippen LogP contribution in [0.15, 0.2) is 30.3 Å². The van der Waals surface area contributed by atoms with Crippen LogP contribution in [0, 0.1) is 6.92 Å². The van der Waals surface area contributed by atoms with Crippen LogP contribution in [0.1, 0.15) is 24.6 Å². The summed E-state index contributed by atoms with van der Waals surface area (Å²) in [5, 5.41) is 7.25. The van der Waals surface area contributed by atoms with E-state index >= 15 is 0 Å². The Kier molecular flexibility index (Phi) is 4.74. The van der Waals surface area contributed by atoms with Gasteiger partial charge in [0.05, 0.1) is 19.3 Å². The number of amides is 2. The van der Waals surface area contributed by atoms with Crippen molar-refractivity contribution in [3.8, 4) is 5.75 Å². The molecule has 2 heterocycles. The number of carbonyl (C=O) groups is 2.